The minimum Gasteiger partial charge on any atom is -0.396 e. The second kappa shape index (κ2) is 5.42. The molecule has 0 bridgehead atoms. The Balaban J connectivity index is 2.21. The van der Waals surface area contributed by atoms with Crippen molar-refractivity contribution in [2.24, 2.45) is 0 Å². The van der Waals surface area contributed by atoms with E-state index in [0.29, 0.717) is 6.42 Å². The Bertz CT molecular complexity index is 439. The summed E-state index contributed by atoms with van der Waals surface area (Å²) in [5, 5.41) is 8.98. The maximum atomic E-state index is 8.98. The number of nitrogens with zero attached hydrogens (tertiary/aromatic N) is 1. The van der Waals surface area contributed by atoms with Crippen LogP contribution in [-0.2, 0) is 12.8 Å². The molecule has 0 amide bonds. The molecule has 0 aliphatic heterocycles. The van der Waals surface area contributed by atoms with Gasteiger partial charge < -0.3 is 5.11 Å². The highest BCUT2D eigenvalue weighted by Gasteiger charge is 2.03. The molecule has 0 unspecified atom stereocenters. The molecule has 1 aromatic heterocycles. The molecule has 81 valence electrons. The lowest BCUT2D eigenvalue weighted by atomic mass is 10.0. The standard InChI is InChI=1S/C14H14NO/c16-9-7-13-6-8-15-11-14(13)10-12-4-2-1-3-5-12/h1-6,8,16H,7,9-10H2. The molecule has 0 fully saturated rings. The van der Waals surface area contributed by atoms with Crippen LogP contribution in [0.5, 0.6) is 0 Å². The molecule has 2 rings (SSSR count). The van der Waals surface area contributed by atoms with Crippen LogP contribution in [-0.4, -0.2) is 16.7 Å². The molecule has 0 spiro atoms. The fraction of sp³-hybridized carbons (Fsp3) is 0.214. The van der Waals surface area contributed by atoms with Gasteiger partial charge in [0.05, 0.1) is 6.20 Å². The van der Waals surface area contributed by atoms with E-state index in [0.717, 1.165) is 17.5 Å². The molecule has 0 aliphatic rings. The van der Waals surface area contributed by atoms with Crippen LogP contribution < -0.4 is 0 Å². The van der Waals surface area contributed by atoms with Crippen molar-refractivity contribution in [3.63, 3.8) is 0 Å². The molecule has 1 N–H and O–H groups in total. The fourth-order valence-electron chi connectivity index (χ4n) is 1.72. The number of hydrogen-bond acceptors (Lipinski definition) is 2. The number of benzene rings is 1. The van der Waals surface area contributed by atoms with E-state index < -0.39 is 0 Å². The molecular weight excluding hydrogens is 198 g/mol. The van der Waals surface area contributed by atoms with Crippen LogP contribution in [0.2, 0.25) is 0 Å². The van der Waals surface area contributed by atoms with Gasteiger partial charge >= 0.3 is 0 Å². The highest BCUT2D eigenvalue weighted by Crippen LogP contribution is 2.13. The van der Waals surface area contributed by atoms with E-state index in [9.17, 15) is 0 Å². The summed E-state index contributed by atoms with van der Waals surface area (Å²) in [6.07, 6.45) is 6.22. The number of hydrogen-bond donors (Lipinski definition) is 1. The van der Waals surface area contributed by atoms with Crippen LogP contribution in [0.4, 0.5) is 0 Å². The Morgan fingerprint density at radius 3 is 2.69 bits per heavy atom. The molecule has 2 heteroatoms. The molecule has 2 nitrogen and oxygen atoms in total. The van der Waals surface area contributed by atoms with E-state index in [4.69, 9.17) is 5.11 Å². The van der Waals surface area contributed by atoms with Crippen LogP contribution in [0, 0.1) is 6.20 Å². The van der Waals surface area contributed by atoms with Crippen molar-refractivity contribution >= 4 is 0 Å². The van der Waals surface area contributed by atoms with Gasteiger partial charge in [-0.05, 0) is 35.6 Å². The van der Waals surface area contributed by atoms with E-state index in [1.165, 1.54) is 5.56 Å². The van der Waals surface area contributed by atoms with Crippen LogP contribution in [0.15, 0.2) is 42.6 Å². The van der Waals surface area contributed by atoms with Crippen molar-refractivity contribution in [2.75, 3.05) is 6.61 Å². The summed E-state index contributed by atoms with van der Waals surface area (Å²) in [5.74, 6) is 0. The maximum Gasteiger partial charge on any atom is 0.0927 e. The summed E-state index contributed by atoms with van der Waals surface area (Å²) in [6, 6.07) is 12.2. The number of aliphatic hydroxyl groups excluding tert-OH is 1. The van der Waals surface area contributed by atoms with Gasteiger partial charge in [-0.2, -0.15) is 0 Å². The quantitative estimate of drug-likeness (QED) is 0.841. The summed E-state index contributed by atoms with van der Waals surface area (Å²) in [5.41, 5.74) is 3.44. The Morgan fingerprint density at radius 1 is 1.12 bits per heavy atom. The topological polar surface area (TPSA) is 33.1 Å². The molecule has 2 aromatic rings. The van der Waals surface area contributed by atoms with Crippen LogP contribution >= 0.6 is 0 Å². The summed E-state index contributed by atoms with van der Waals surface area (Å²) in [4.78, 5) is 4.02. The summed E-state index contributed by atoms with van der Waals surface area (Å²) in [6.45, 7) is 0.166. The monoisotopic (exact) mass is 212 g/mol. The van der Waals surface area contributed by atoms with E-state index in [2.05, 4.69) is 23.3 Å². The number of aliphatic hydroxyl groups is 1. The zero-order valence-electron chi connectivity index (χ0n) is 9.06. The van der Waals surface area contributed by atoms with Crippen LogP contribution in [0.1, 0.15) is 16.7 Å². The lowest BCUT2D eigenvalue weighted by Crippen LogP contribution is -1.99. The maximum absolute atomic E-state index is 8.98. The number of pyridine rings is 1. The Labute approximate surface area is 95.6 Å². The number of rotatable bonds is 4. The minimum absolute atomic E-state index is 0.166. The second-order valence-corrected chi connectivity index (χ2v) is 3.70. The van der Waals surface area contributed by atoms with Gasteiger partial charge in [0, 0.05) is 12.8 Å². The smallest absolute Gasteiger partial charge is 0.0927 e. The molecule has 1 heterocycles. The molecule has 16 heavy (non-hydrogen) atoms. The highest BCUT2D eigenvalue weighted by atomic mass is 16.2. The molecular formula is C14H14NO. The van der Waals surface area contributed by atoms with E-state index in [1.54, 1.807) is 6.20 Å². The van der Waals surface area contributed by atoms with Crippen molar-refractivity contribution in [1.29, 1.82) is 0 Å². The van der Waals surface area contributed by atoms with Crippen LogP contribution in [0.3, 0.4) is 0 Å². The number of aromatic nitrogens is 1. The summed E-state index contributed by atoms with van der Waals surface area (Å²) < 4.78 is 0. The van der Waals surface area contributed by atoms with Gasteiger partial charge in [-0.25, -0.2) is 0 Å². The fourth-order valence-corrected chi connectivity index (χ4v) is 1.72. The Hall–Kier alpha value is -1.67. The largest absolute Gasteiger partial charge is 0.396 e. The van der Waals surface area contributed by atoms with E-state index in [1.807, 2.05) is 24.3 Å². The first-order valence-corrected chi connectivity index (χ1v) is 5.39. The normalized spacial score (nSPS) is 10.3. The van der Waals surface area contributed by atoms with Crippen molar-refractivity contribution in [1.82, 2.24) is 4.98 Å². The van der Waals surface area contributed by atoms with E-state index in [-0.39, 0.29) is 6.61 Å². The Kier molecular flexibility index (Phi) is 3.67. The molecule has 0 aliphatic carbocycles. The van der Waals surface area contributed by atoms with Crippen LogP contribution in [0.25, 0.3) is 0 Å². The first-order chi connectivity index (χ1) is 7.90. The zero-order valence-corrected chi connectivity index (χ0v) is 9.06. The summed E-state index contributed by atoms with van der Waals surface area (Å²) in [7, 11) is 0. The average Bonchev–Trinajstić information content (AvgIpc) is 2.33. The first-order valence-electron chi connectivity index (χ1n) is 5.39. The molecule has 1 aromatic carbocycles. The molecule has 1 radical (unpaired) electrons. The zero-order chi connectivity index (χ0) is 11.2. The van der Waals surface area contributed by atoms with Crippen molar-refractivity contribution in [3.05, 3.63) is 65.5 Å². The SMILES string of the molecule is OCCc1ccn[c]c1Cc1ccccc1. The third-order valence-corrected chi connectivity index (χ3v) is 2.54. The van der Waals surface area contributed by atoms with Gasteiger partial charge in [0.2, 0.25) is 0 Å². The Morgan fingerprint density at radius 2 is 1.94 bits per heavy atom. The summed E-state index contributed by atoms with van der Waals surface area (Å²) >= 11 is 0. The van der Waals surface area contributed by atoms with Gasteiger partial charge in [0.25, 0.3) is 0 Å². The van der Waals surface area contributed by atoms with Gasteiger partial charge in [-0.15, -0.1) is 0 Å². The highest BCUT2D eigenvalue weighted by molar-refractivity contribution is 5.29. The third kappa shape index (κ3) is 2.67. The predicted molar refractivity (Wildman–Crippen MR) is 63.1 cm³/mol. The van der Waals surface area contributed by atoms with Crippen molar-refractivity contribution in [2.45, 2.75) is 12.8 Å². The van der Waals surface area contributed by atoms with Crippen molar-refractivity contribution < 1.29 is 5.11 Å². The van der Waals surface area contributed by atoms with Gasteiger partial charge in [0.1, 0.15) is 0 Å². The molecule has 0 saturated carbocycles. The predicted octanol–water partition coefficient (Wildman–Crippen LogP) is 2.01. The first kappa shape index (κ1) is 10.8. The lowest BCUT2D eigenvalue weighted by Gasteiger charge is -2.06. The second-order valence-electron chi connectivity index (χ2n) is 3.70. The molecule has 0 atom stereocenters. The van der Waals surface area contributed by atoms with E-state index >= 15 is 0 Å². The minimum atomic E-state index is 0.166. The van der Waals surface area contributed by atoms with Gasteiger partial charge in [-0.3, -0.25) is 4.98 Å². The lowest BCUT2D eigenvalue weighted by molar-refractivity contribution is 0.299. The van der Waals surface area contributed by atoms with Crippen molar-refractivity contribution in [3.8, 4) is 0 Å². The van der Waals surface area contributed by atoms with Gasteiger partial charge in [-0.1, -0.05) is 30.3 Å². The van der Waals surface area contributed by atoms with Gasteiger partial charge in [0.15, 0.2) is 0 Å². The average molecular weight is 212 g/mol. The molecule has 0 saturated heterocycles. The third-order valence-electron chi connectivity index (χ3n) is 2.54.